The first-order valence-electron chi connectivity index (χ1n) is 9.14. The molecule has 0 aromatic carbocycles. The highest BCUT2D eigenvalue weighted by Crippen LogP contribution is 2.37. The van der Waals surface area contributed by atoms with Gasteiger partial charge in [-0.25, -0.2) is 0 Å². The zero-order chi connectivity index (χ0) is 16.7. The molecule has 0 N–H and O–H groups in total. The van der Waals surface area contributed by atoms with Crippen molar-refractivity contribution in [1.29, 1.82) is 0 Å². The van der Waals surface area contributed by atoms with Crippen LogP contribution in [-0.2, 0) is 0 Å². The van der Waals surface area contributed by atoms with Crippen LogP contribution in [0.3, 0.4) is 0 Å². The predicted octanol–water partition coefficient (Wildman–Crippen LogP) is 6.04. The summed E-state index contributed by atoms with van der Waals surface area (Å²) in [6, 6.07) is 0.534. The van der Waals surface area contributed by atoms with Gasteiger partial charge in [0.1, 0.15) is 5.82 Å². The summed E-state index contributed by atoms with van der Waals surface area (Å²) in [5.41, 5.74) is 4.24. The Bertz CT molecular complexity index is 431. The van der Waals surface area contributed by atoms with E-state index in [1.165, 1.54) is 35.6 Å². The third-order valence-electron chi connectivity index (χ3n) is 4.74. The molecule has 0 radical (unpaired) electrons. The number of rotatable bonds is 7. The maximum atomic E-state index is 4.39. The van der Waals surface area contributed by atoms with E-state index in [0.29, 0.717) is 6.04 Å². The minimum Gasteiger partial charge on any atom is -0.332 e. The Balaban J connectivity index is 3.30. The van der Waals surface area contributed by atoms with Gasteiger partial charge in [0.2, 0.25) is 0 Å². The van der Waals surface area contributed by atoms with Crippen molar-refractivity contribution in [2.45, 2.75) is 86.1 Å². The molecule has 1 aliphatic heterocycles. The van der Waals surface area contributed by atoms with Crippen LogP contribution in [0, 0.1) is 0 Å². The molecular weight excluding hydrogens is 268 g/mol. The second kappa shape index (κ2) is 9.07. The smallest absolute Gasteiger partial charge is 0.109 e. The van der Waals surface area contributed by atoms with E-state index in [9.17, 15) is 0 Å². The van der Waals surface area contributed by atoms with Crippen molar-refractivity contribution >= 4 is 0 Å². The molecule has 1 fully saturated rings. The fraction of sp³-hybridized carbons (Fsp3) is 0.700. The quantitative estimate of drug-likeness (QED) is 0.565. The third-order valence-corrected chi connectivity index (χ3v) is 4.74. The summed E-state index contributed by atoms with van der Waals surface area (Å²) in [6.45, 7) is 19.1. The van der Waals surface area contributed by atoms with Crippen molar-refractivity contribution < 1.29 is 0 Å². The van der Waals surface area contributed by atoms with Crippen LogP contribution in [0.25, 0.3) is 0 Å². The first-order chi connectivity index (χ1) is 10.5. The topological polar surface area (TPSA) is 6.48 Å². The molecule has 2 nitrogen and oxygen atoms in total. The Morgan fingerprint density at radius 1 is 1.27 bits per heavy atom. The normalized spacial score (nSPS) is 21.5. The third kappa shape index (κ3) is 4.18. The highest BCUT2D eigenvalue weighted by Gasteiger charge is 2.31. The summed E-state index contributed by atoms with van der Waals surface area (Å²) in [7, 11) is 0. The molecule has 0 saturated carbocycles. The number of allylic oxidation sites excluding steroid dienone is 2. The number of hydrogen-bond donors (Lipinski definition) is 0. The molecule has 0 aromatic rings. The molecule has 1 rings (SSSR count). The van der Waals surface area contributed by atoms with Gasteiger partial charge in [-0.15, -0.1) is 0 Å². The second-order valence-electron chi connectivity index (χ2n) is 6.43. The van der Waals surface area contributed by atoms with E-state index < -0.39 is 0 Å². The van der Waals surface area contributed by atoms with Gasteiger partial charge in [-0.2, -0.15) is 0 Å². The first-order valence-corrected chi connectivity index (χ1v) is 9.14. The SMILES string of the molecule is C=C1CC(=C(C)CC)N(C(C)CC)C(=CCC)N1CCCC. The highest BCUT2D eigenvalue weighted by molar-refractivity contribution is 5.30. The summed E-state index contributed by atoms with van der Waals surface area (Å²) in [6.07, 6.45) is 9.17. The van der Waals surface area contributed by atoms with Crippen LogP contribution >= 0.6 is 0 Å². The van der Waals surface area contributed by atoms with Crippen molar-refractivity contribution in [3.8, 4) is 0 Å². The molecule has 0 amide bonds. The molecule has 1 unspecified atom stereocenters. The van der Waals surface area contributed by atoms with Crippen LogP contribution in [0.2, 0.25) is 0 Å². The molecule has 0 aromatic heterocycles. The molecule has 1 heterocycles. The van der Waals surface area contributed by atoms with E-state index in [-0.39, 0.29) is 0 Å². The van der Waals surface area contributed by atoms with Gasteiger partial charge in [-0.1, -0.05) is 46.3 Å². The van der Waals surface area contributed by atoms with Crippen LogP contribution < -0.4 is 0 Å². The molecule has 2 heteroatoms. The van der Waals surface area contributed by atoms with Gasteiger partial charge in [0.25, 0.3) is 0 Å². The lowest BCUT2D eigenvalue weighted by Crippen LogP contribution is -2.44. The molecule has 1 atom stereocenters. The Morgan fingerprint density at radius 2 is 1.95 bits per heavy atom. The van der Waals surface area contributed by atoms with Crippen molar-refractivity contribution in [3.05, 3.63) is 35.4 Å². The predicted molar refractivity (Wildman–Crippen MR) is 98.3 cm³/mol. The van der Waals surface area contributed by atoms with E-state index in [2.05, 4.69) is 64.0 Å². The minimum atomic E-state index is 0.534. The Morgan fingerprint density at radius 3 is 2.45 bits per heavy atom. The lowest BCUT2D eigenvalue weighted by molar-refractivity contribution is 0.191. The van der Waals surface area contributed by atoms with Gasteiger partial charge in [0.05, 0.1) is 0 Å². The zero-order valence-electron chi connectivity index (χ0n) is 15.7. The maximum absolute atomic E-state index is 4.39. The lowest BCUT2D eigenvalue weighted by Gasteiger charge is -2.47. The van der Waals surface area contributed by atoms with E-state index in [1.54, 1.807) is 0 Å². The standard InChI is InChI=1S/C20H36N2/c1-8-12-14-21-18(7)15-19(16(5)10-3)22(17(6)11-4)20(21)13-9-2/h13,17H,7-12,14-15H2,1-6H3. The van der Waals surface area contributed by atoms with Crippen LogP contribution in [0.4, 0.5) is 0 Å². The number of hydrogen-bond acceptors (Lipinski definition) is 2. The van der Waals surface area contributed by atoms with E-state index in [4.69, 9.17) is 0 Å². The molecule has 1 saturated heterocycles. The second-order valence-corrected chi connectivity index (χ2v) is 6.43. The lowest BCUT2D eigenvalue weighted by atomic mass is 10.0. The number of unbranched alkanes of at least 4 members (excludes halogenated alkanes) is 1. The van der Waals surface area contributed by atoms with Crippen LogP contribution in [0.5, 0.6) is 0 Å². The monoisotopic (exact) mass is 304 g/mol. The summed E-state index contributed by atoms with van der Waals surface area (Å²) in [5, 5.41) is 0. The zero-order valence-corrected chi connectivity index (χ0v) is 15.7. The first kappa shape index (κ1) is 18.9. The summed E-state index contributed by atoms with van der Waals surface area (Å²) in [4.78, 5) is 5.05. The molecule has 0 bridgehead atoms. The maximum Gasteiger partial charge on any atom is 0.109 e. The average Bonchev–Trinajstić information content (AvgIpc) is 2.52. The Hall–Kier alpha value is -1.18. The average molecular weight is 305 g/mol. The van der Waals surface area contributed by atoms with Gasteiger partial charge in [-0.3, -0.25) is 0 Å². The molecule has 126 valence electrons. The molecular formula is C20H36N2. The molecule has 0 aliphatic carbocycles. The fourth-order valence-corrected chi connectivity index (χ4v) is 3.02. The van der Waals surface area contributed by atoms with Crippen molar-refractivity contribution in [3.63, 3.8) is 0 Å². The van der Waals surface area contributed by atoms with Crippen LogP contribution in [0.1, 0.15) is 80.1 Å². The van der Waals surface area contributed by atoms with Crippen LogP contribution in [-0.4, -0.2) is 22.4 Å². The molecule has 1 aliphatic rings. The van der Waals surface area contributed by atoms with Gasteiger partial charge in [-0.05, 0) is 45.6 Å². The molecule has 0 spiro atoms. The van der Waals surface area contributed by atoms with Crippen LogP contribution in [0.15, 0.2) is 35.4 Å². The minimum absolute atomic E-state index is 0.534. The largest absolute Gasteiger partial charge is 0.332 e. The van der Waals surface area contributed by atoms with Crippen molar-refractivity contribution in [2.75, 3.05) is 6.54 Å². The van der Waals surface area contributed by atoms with Gasteiger partial charge < -0.3 is 9.80 Å². The molecule has 22 heavy (non-hydrogen) atoms. The number of nitrogens with zero attached hydrogens (tertiary/aromatic N) is 2. The van der Waals surface area contributed by atoms with E-state index in [0.717, 1.165) is 32.2 Å². The van der Waals surface area contributed by atoms with Crippen molar-refractivity contribution in [1.82, 2.24) is 9.80 Å². The van der Waals surface area contributed by atoms with Crippen molar-refractivity contribution in [2.24, 2.45) is 0 Å². The fourth-order valence-electron chi connectivity index (χ4n) is 3.02. The van der Waals surface area contributed by atoms with Gasteiger partial charge in [0.15, 0.2) is 0 Å². The summed E-state index contributed by atoms with van der Waals surface area (Å²) in [5.74, 6) is 1.37. The van der Waals surface area contributed by atoms with E-state index in [1.807, 2.05) is 0 Å². The highest BCUT2D eigenvalue weighted by atomic mass is 15.4. The van der Waals surface area contributed by atoms with Gasteiger partial charge >= 0.3 is 0 Å². The summed E-state index contributed by atoms with van der Waals surface area (Å²) < 4.78 is 0. The van der Waals surface area contributed by atoms with Gasteiger partial charge in [0, 0.05) is 30.4 Å². The van der Waals surface area contributed by atoms with E-state index >= 15 is 0 Å². The summed E-state index contributed by atoms with van der Waals surface area (Å²) >= 11 is 0. The Kier molecular flexibility index (Phi) is 7.78. The Labute approximate surface area is 138 Å².